The SMILES string of the molecule is O=[N+]([O-])c1ccc(O)c2c(CCNc3cc(CO)ccn3)cccc12. The molecule has 0 bridgehead atoms. The Balaban J connectivity index is 1.84. The molecule has 7 nitrogen and oxygen atoms in total. The molecule has 0 radical (unpaired) electrons. The minimum Gasteiger partial charge on any atom is -0.507 e. The lowest BCUT2D eigenvalue weighted by molar-refractivity contribution is -0.383. The average molecular weight is 339 g/mol. The standard InChI is InChI=1S/C18H17N3O4/c22-11-12-6-8-19-17(10-12)20-9-7-13-2-1-3-14-15(21(24)25)4-5-16(23)18(13)14/h1-6,8,10,22-23H,7,9,11H2,(H,19,20). The molecule has 0 aliphatic heterocycles. The van der Waals surface area contributed by atoms with Crippen molar-refractivity contribution in [1.82, 2.24) is 4.98 Å². The van der Waals surface area contributed by atoms with E-state index in [1.807, 2.05) is 6.07 Å². The minimum absolute atomic E-state index is 0.0246. The molecule has 3 rings (SSSR count). The lowest BCUT2D eigenvalue weighted by Gasteiger charge is -2.10. The van der Waals surface area contributed by atoms with Gasteiger partial charge in [-0.25, -0.2) is 4.98 Å². The number of pyridine rings is 1. The number of non-ortho nitro benzene ring substituents is 1. The van der Waals surface area contributed by atoms with Crippen molar-refractivity contribution in [3.8, 4) is 5.75 Å². The highest BCUT2D eigenvalue weighted by molar-refractivity contribution is 5.97. The molecule has 1 aromatic heterocycles. The number of aliphatic hydroxyl groups excluding tert-OH is 1. The second kappa shape index (κ2) is 7.14. The zero-order valence-corrected chi connectivity index (χ0v) is 13.3. The molecular formula is C18H17N3O4. The summed E-state index contributed by atoms with van der Waals surface area (Å²) in [5, 5.41) is 34.6. The van der Waals surface area contributed by atoms with Gasteiger partial charge in [0.1, 0.15) is 11.6 Å². The molecule has 0 unspecified atom stereocenters. The number of phenolic OH excluding ortho intramolecular Hbond substituents is 1. The van der Waals surface area contributed by atoms with Crippen molar-refractivity contribution in [3.63, 3.8) is 0 Å². The first kappa shape index (κ1) is 16.7. The van der Waals surface area contributed by atoms with Gasteiger partial charge in [-0.2, -0.15) is 0 Å². The quantitative estimate of drug-likeness (QED) is 0.470. The molecule has 0 spiro atoms. The zero-order chi connectivity index (χ0) is 17.8. The first-order chi connectivity index (χ1) is 12.1. The van der Waals surface area contributed by atoms with E-state index in [1.165, 1.54) is 12.1 Å². The molecule has 128 valence electrons. The van der Waals surface area contributed by atoms with E-state index in [0.717, 1.165) is 11.1 Å². The van der Waals surface area contributed by atoms with E-state index in [0.29, 0.717) is 29.6 Å². The van der Waals surface area contributed by atoms with Crippen LogP contribution in [0.1, 0.15) is 11.1 Å². The first-order valence-electron chi connectivity index (χ1n) is 7.78. The van der Waals surface area contributed by atoms with Crippen molar-refractivity contribution < 1.29 is 15.1 Å². The van der Waals surface area contributed by atoms with Gasteiger partial charge in [0.05, 0.1) is 16.9 Å². The normalized spacial score (nSPS) is 10.8. The number of anilines is 1. The predicted molar refractivity (Wildman–Crippen MR) is 94.6 cm³/mol. The van der Waals surface area contributed by atoms with Crippen LogP contribution in [0.15, 0.2) is 48.7 Å². The predicted octanol–water partition coefficient (Wildman–Crippen LogP) is 3.00. The van der Waals surface area contributed by atoms with Gasteiger partial charge in [0, 0.05) is 24.2 Å². The van der Waals surface area contributed by atoms with Crippen LogP contribution in [0.25, 0.3) is 10.8 Å². The van der Waals surface area contributed by atoms with Crippen molar-refractivity contribution >= 4 is 22.3 Å². The molecular weight excluding hydrogens is 322 g/mol. The summed E-state index contributed by atoms with van der Waals surface area (Å²) in [7, 11) is 0. The van der Waals surface area contributed by atoms with Crippen LogP contribution in [0, 0.1) is 10.1 Å². The highest BCUT2D eigenvalue weighted by Gasteiger charge is 2.16. The number of fused-ring (bicyclic) bond motifs is 1. The Hall–Kier alpha value is -3.19. The van der Waals surface area contributed by atoms with Crippen LogP contribution in [-0.2, 0) is 13.0 Å². The largest absolute Gasteiger partial charge is 0.507 e. The molecule has 7 heteroatoms. The van der Waals surface area contributed by atoms with Gasteiger partial charge in [-0.3, -0.25) is 10.1 Å². The number of phenols is 1. The molecule has 0 saturated carbocycles. The van der Waals surface area contributed by atoms with Crippen molar-refractivity contribution in [2.45, 2.75) is 13.0 Å². The summed E-state index contributed by atoms with van der Waals surface area (Å²) in [5.74, 6) is 0.665. The second-order valence-corrected chi connectivity index (χ2v) is 5.58. The van der Waals surface area contributed by atoms with Gasteiger partial charge in [-0.1, -0.05) is 12.1 Å². The molecule has 0 aliphatic rings. The van der Waals surface area contributed by atoms with E-state index in [9.17, 15) is 15.2 Å². The van der Waals surface area contributed by atoms with E-state index >= 15 is 0 Å². The maximum atomic E-state index is 11.2. The molecule has 0 fully saturated rings. The van der Waals surface area contributed by atoms with Crippen molar-refractivity contribution in [1.29, 1.82) is 0 Å². The summed E-state index contributed by atoms with van der Waals surface area (Å²) in [6, 6.07) is 11.4. The van der Waals surface area contributed by atoms with Gasteiger partial charge < -0.3 is 15.5 Å². The molecule has 3 aromatic rings. The Morgan fingerprint density at radius 2 is 2.04 bits per heavy atom. The summed E-state index contributed by atoms with van der Waals surface area (Å²) in [6.07, 6.45) is 2.16. The number of hydrogen-bond donors (Lipinski definition) is 3. The molecule has 0 saturated heterocycles. The fourth-order valence-corrected chi connectivity index (χ4v) is 2.81. The number of nitrogens with zero attached hydrogens (tertiary/aromatic N) is 2. The maximum absolute atomic E-state index is 11.2. The highest BCUT2D eigenvalue weighted by atomic mass is 16.6. The lowest BCUT2D eigenvalue weighted by atomic mass is 10.00. The number of rotatable bonds is 6. The third kappa shape index (κ3) is 3.51. The number of nitrogens with one attached hydrogen (secondary N) is 1. The minimum atomic E-state index is -0.450. The van der Waals surface area contributed by atoms with E-state index < -0.39 is 4.92 Å². The summed E-state index contributed by atoms with van der Waals surface area (Å²) >= 11 is 0. The Morgan fingerprint density at radius 3 is 2.80 bits per heavy atom. The molecule has 0 atom stereocenters. The van der Waals surface area contributed by atoms with E-state index in [-0.39, 0.29) is 18.0 Å². The van der Waals surface area contributed by atoms with Crippen molar-refractivity contribution in [3.05, 3.63) is 69.9 Å². The van der Waals surface area contributed by atoms with Crippen molar-refractivity contribution in [2.75, 3.05) is 11.9 Å². The Morgan fingerprint density at radius 1 is 1.20 bits per heavy atom. The molecule has 3 N–H and O–H groups in total. The highest BCUT2D eigenvalue weighted by Crippen LogP contribution is 2.34. The van der Waals surface area contributed by atoms with Gasteiger partial charge in [0.25, 0.3) is 5.69 Å². The molecule has 25 heavy (non-hydrogen) atoms. The smallest absolute Gasteiger partial charge is 0.277 e. The van der Waals surface area contributed by atoms with Crippen LogP contribution >= 0.6 is 0 Å². The van der Waals surface area contributed by atoms with Crippen molar-refractivity contribution in [2.24, 2.45) is 0 Å². The number of aliphatic hydroxyl groups is 1. The van der Waals surface area contributed by atoms with E-state index in [1.54, 1.807) is 30.5 Å². The number of nitro benzene ring substituents is 1. The number of aromatic hydroxyl groups is 1. The first-order valence-corrected chi connectivity index (χ1v) is 7.78. The van der Waals surface area contributed by atoms with Crippen LogP contribution in [0.3, 0.4) is 0 Å². The number of hydrogen-bond acceptors (Lipinski definition) is 6. The van der Waals surface area contributed by atoms with Gasteiger partial charge in [-0.05, 0) is 41.8 Å². The van der Waals surface area contributed by atoms with Crippen LogP contribution in [0.2, 0.25) is 0 Å². The molecule has 1 heterocycles. The van der Waals surface area contributed by atoms with E-state index in [2.05, 4.69) is 10.3 Å². The topological polar surface area (TPSA) is 109 Å². The van der Waals surface area contributed by atoms with Crippen LogP contribution in [-0.4, -0.2) is 26.7 Å². The van der Waals surface area contributed by atoms with Gasteiger partial charge in [-0.15, -0.1) is 0 Å². The fourth-order valence-electron chi connectivity index (χ4n) is 2.81. The summed E-state index contributed by atoms with van der Waals surface area (Å²) in [5.41, 5.74) is 1.54. The summed E-state index contributed by atoms with van der Waals surface area (Å²) in [6.45, 7) is 0.473. The third-order valence-corrected chi connectivity index (χ3v) is 3.99. The summed E-state index contributed by atoms with van der Waals surface area (Å²) in [4.78, 5) is 14.9. The Bertz CT molecular complexity index is 927. The lowest BCUT2D eigenvalue weighted by Crippen LogP contribution is -2.07. The van der Waals surface area contributed by atoms with Crippen LogP contribution in [0.4, 0.5) is 11.5 Å². The number of aromatic nitrogens is 1. The molecule has 2 aromatic carbocycles. The van der Waals surface area contributed by atoms with Crippen LogP contribution < -0.4 is 5.32 Å². The molecule has 0 aliphatic carbocycles. The van der Waals surface area contributed by atoms with Gasteiger partial charge in [0.2, 0.25) is 0 Å². The Kier molecular flexibility index (Phi) is 4.76. The zero-order valence-electron chi connectivity index (χ0n) is 13.3. The number of nitro groups is 1. The van der Waals surface area contributed by atoms with Gasteiger partial charge in [0.15, 0.2) is 0 Å². The number of benzene rings is 2. The monoisotopic (exact) mass is 339 g/mol. The third-order valence-electron chi connectivity index (χ3n) is 3.99. The fraction of sp³-hybridized carbons (Fsp3) is 0.167. The van der Waals surface area contributed by atoms with Gasteiger partial charge >= 0.3 is 0 Å². The summed E-state index contributed by atoms with van der Waals surface area (Å²) < 4.78 is 0. The van der Waals surface area contributed by atoms with E-state index in [4.69, 9.17) is 5.11 Å². The maximum Gasteiger partial charge on any atom is 0.277 e. The van der Waals surface area contributed by atoms with Crippen LogP contribution in [0.5, 0.6) is 5.75 Å². The second-order valence-electron chi connectivity index (χ2n) is 5.58. The molecule has 0 amide bonds. The Labute approximate surface area is 143 Å². The average Bonchev–Trinajstić information content (AvgIpc) is 2.62.